The number of nitrogens with one attached hydrogen (secondary N) is 1. The minimum absolute atomic E-state index is 0.0248. The minimum Gasteiger partial charge on any atom is -0.461 e. The van der Waals surface area contributed by atoms with Crippen LogP contribution in [0.4, 0.5) is 8.78 Å². The van der Waals surface area contributed by atoms with E-state index in [9.17, 15) is 23.2 Å². The number of aliphatic hydroxyl groups is 2. The number of hydrogen-bond donors (Lipinski definition) is 3. The van der Waals surface area contributed by atoms with Gasteiger partial charge in [-0.25, -0.2) is 4.57 Å². The molecule has 1 unspecified atom stereocenters. The molecule has 5 atom stereocenters. The second-order valence-corrected chi connectivity index (χ2v) is 9.51. The average Bonchev–Trinajstić information content (AvgIpc) is 2.97. The van der Waals surface area contributed by atoms with Crippen LogP contribution >= 0.6 is 7.75 Å². The third kappa shape index (κ3) is 6.03. The molecule has 32 heavy (non-hydrogen) atoms. The molecule has 12 heteroatoms. The van der Waals surface area contributed by atoms with Gasteiger partial charge in [0.1, 0.15) is 24.0 Å². The van der Waals surface area contributed by atoms with Gasteiger partial charge in [0.25, 0.3) is 0 Å². The summed E-state index contributed by atoms with van der Waals surface area (Å²) in [5.74, 6) is -4.70. The zero-order valence-electron chi connectivity index (χ0n) is 17.6. The van der Waals surface area contributed by atoms with E-state index in [1.165, 1.54) is 19.1 Å². The molecule has 0 bridgehead atoms. The van der Waals surface area contributed by atoms with Gasteiger partial charge in [0.15, 0.2) is 6.10 Å². The maximum absolute atomic E-state index is 14.4. The highest BCUT2D eigenvalue weighted by molar-refractivity contribution is 7.52. The highest BCUT2D eigenvalue weighted by Crippen LogP contribution is 2.51. The monoisotopic (exact) mass is 479 g/mol. The van der Waals surface area contributed by atoms with Crippen molar-refractivity contribution in [3.8, 4) is 5.75 Å². The Hall–Kier alpha value is -1.62. The summed E-state index contributed by atoms with van der Waals surface area (Å²) in [7, 11) is -4.65. The van der Waals surface area contributed by atoms with E-state index in [0.29, 0.717) is 0 Å². The first-order chi connectivity index (χ1) is 15.1. The predicted molar refractivity (Wildman–Crippen MR) is 108 cm³/mol. The summed E-state index contributed by atoms with van der Waals surface area (Å²) in [6.07, 6.45) is -2.42. The molecule has 2 fully saturated rings. The molecular weight excluding hydrogens is 451 g/mol. The van der Waals surface area contributed by atoms with Crippen LogP contribution in [0.15, 0.2) is 30.3 Å². The Kier molecular flexibility index (Phi) is 8.24. The van der Waals surface area contributed by atoms with Crippen LogP contribution in [0.2, 0.25) is 0 Å². The van der Waals surface area contributed by atoms with Crippen LogP contribution in [-0.4, -0.2) is 59.4 Å². The molecule has 3 N–H and O–H groups in total. The number of para-hydroxylation sites is 1. The fraction of sp³-hybridized carbons (Fsp3) is 0.650. The van der Waals surface area contributed by atoms with E-state index in [1.54, 1.807) is 18.2 Å². The van der Waals surface area contributed by atoms with Crippen LogP contribution in [0.5, 0.6) is 5.75 Å². The van der Waals surface area contributed by atoms with Crippen LogP contribution in [0.3, 0.4) is 0 Å². The molecule has 1 saturated carbocycles. The molecule has 1 saturated heterocycles. The zero-order valence-corrected chi connectivity index (χ0v) is 18.5. The van der Waals surface area contributed by atoms with Gasteiger partial charge >= 0.3 is 19.6 Å². The van der Waals surface area contributed by atoms with Crippen molar-refractivity contribution in [2.24, 2.45) is 0 Å². The van der Waals surface area contributed by atoms with Gasteiger partial charge in [-0.3, -0.25) is 9.32 Å². The van der Waals surface area contributed by atoms with Gasteiger partial charge in [-0.15, -0.1) is 0 Å². The van der Waals surface area contributed by atoms with Gasteiger partial charge < -0.3 is 24.2 Å². The second kappa shape index (κ2) is 10.5. The number of ether oxygens (including phenoxy) is 2. The normalized spacial score (nSPS) is 28.6. The Morgan fingerprint density at radius 3 is 2.53 bits per heavy atom. The van der Waals surface area contributed by atoms with Crippen LogP contribution in [-0.2, 0) is 23.4 Å². The lowest BCUT2D eigenvalue weighted by Crippen LogP contribution is -2.43. The van der Waals surface area contributed by atoms with Gasteiger partial charge in [-0.1, -0.05) is 24.6 Å². The Balaban J connectivity index is 1.75. The number of halogens is 2. The van der Waals surface area contributed by atoms with Gasteiger partial charge in [0.2, 0.25) is 6.29 Å². The molecule has 1 aromatic rings. The standard InChI is InChI=1S/C20H28F2NO8P/c1-13(18(26)28-14-8-4-2-5-9-14)23-32(27,30-15-10-6-3-7-11-15)31-19-20(21,22)17(25)16(12-24)29-19/h3,6-7,10-11,13-14,16-17,19,24-25H,2,4-5,8-9,12H2,1H3,(H,23,27)/t13-,16+,17+,19+,32?/m0/s1. The van der Waals surface area contributed by atoms with Crippen LogP contribution in [0.25, 0.3) is 0 Å². The predicted octanol–water partition coefficient (Wildman–Crippen LogP) is 2.76. The Morgan fingerprint density at radius 2 is 1.94 bits per heavy atom. The number of hydrogen-bond acceptors (Lipinski definition) is 8. The number of alkyl halides is 2. The molecule has 1 aliphatic carbocycles. The molecule has 1 aliphatic heterocycles. The zero-order chi connectivity index (χ0) is 23.4. The van der Waals surface area contributed by atoms with Crippen molar-refractivity contribution in [2.45, 2.75) is 75.6 Å². The number of rotatable bonds is 9. The van der Waals surface area contributed by atoms with Crippen molar-refractivity contribution in [3.63, 3.8) is 0 Å². The van der Waals surface area contributed by atoms with E-state index in [1.807, 2.05) is 0 Å². The highest BCUT2D eigenvalue weighted by atomic mass is 31.2. The topological polar surface area (TPSA) is 124 Å². The van der Waals surface area contributed by atoms with E-state index in [0.717, 1.165) is 32.1 Å². The van der Waals surface area contributed by atoms with Crippen molar-refractivity contribution >= 4 is 13.7 Å². The smallest absolute Gasteiger partial charge is 0.461 e. The third-order valence-corrected chi connectivity index (χ3v) is 6.91. The molecular formula is C20H28F2NO8P. The summed E-state index contributed by atoms with van der Waals surface area (Å²) >= 11 is 0. The fourth-order valence-electron chi connectivity index (χ4n) is 3.51. The first kappa shape index (κ1) is 25.0. The molecule has 2 aliphatic rings. The van der Waals surface area contributed by atoms with Crippen molar-refractivity contribution in [3.05, 3.63) is 30.3 Å². The Morgan fingerprint density at radius 1 is 1.28 bits per heavy atom. The third-order valence-electron chi connectivity index (χ3n) is 5.28. The lowest BCUT2D eigenvalue weighted by molar-refractivity contribution is -0.188. The lowest BCUT2D eigenvalue weighted by Gasteiger charge is -2.28. The van der Waals surface area contributed by atoms with Crippen molar-refractivity contribution in [2.75, 3.05) is 6.61 Å². The van der Waals surface area contributed by atoms with Gasteiger partial charge in [0.05, 0.1) is 6.61 Å². The lowest BCUT2D eigenvalue weighted by atomic mass is 9.98. The van der Waals surface area contributed by atoms with E-state index in [2.05, 4.69) is 5.09 Å². The largest absolute Gasteiger partial charge is 0.462 e. The molecule has 0 radical (unpaired) electrons. The van der Waals surface area contributed by atoms with Crippen molar-refractivity contribution in [1.82, 2.24) is 5.09 Å². The Bertz CT molecular complexity index is 808. The maximum Gasteiger partial charge on any atom is 0.462 e. The second-order valence-electron chi connectivity index (χ2n) is 7.86. The summed E-state index contributed by atoms with van der Waals surface area (Å²) < 4.78 is 62.8. The summed E-state index contributed by atoms with van der Waals surface area (Å²) in [6, 6.07) is 6.40. The summed E-state index contributed by atoms with van der Waals surface area (Å²) in [6.45, 7) is 0.437. The fourth-order valence-corrected chi connectivity index (χ4v) is 5.09. The number of esters is 1. The van der Waals surface area contributed by atoms with Gasteiger partial charge in [-0.2, -0.15) is 13.9 Å². The first-order valence-corrected chi connectivity index (χ1v) is 12.0. The highest BCUT2D eigenvalue weighted by Gasteiger charge is 2.61. The molecule has 3 rings (SSSR count). The molecule has 0 amide bonds. The van der Waals surface area contributed by atoms with Crippen LogP contribution in [0, 0.1) is 0 Å². The molecule has 0 spiro atoms. The van der Waals surface area contributed by atoms with Gasteiger partial charge in [-0.05, 0) is 44.7 Å². The van der Waals surface area contributed by atoms with E-state index >= 15 is 0 Å². The van der Waals surface area contributed by atoms with E-state index < -0.39 is 50.8 Å². The number of aliphatic hydroxyl groups excluding tert-OH is 2. The maximum atomic E-state index is 14.4. The number of carbonyl (C=O) groups is 1. The average molecular weight is 479 g/mol. The van der Waals surface area contributed by atoms with Crippen molar-refractivity contribution < 1.29 is 46.9 Å². The summed E-state index contributed by atoms with van der Waals surface area (Å²) in [4.78, 5) is 12.5. The quantitative estimate of drug-likeness (QED) is 0.362. The minimum atomic E-state index is -4.65. The van der Waals surface area contributed by atoms with Crippen molar-refractivity contribution in [1.29, 1.82) is 0 Å². The molecule has 1 aromatic carbocycles. The number of benzene rings is 1. The van der Waals surface area contributed by atoms with E-state index in [-0.39, 0.29) is 11.9 Å². The van der Waals surface area contributed by atoms with Crippen LogP contribution < -0.4 is 9.61 Å². The Labute approximate surface area is 184 Å². The molecule has 1 heterocycles. The number of carbonyl (C=O) groups excluding carboxylic acids is 1. The molecule has 180 valence electrons. The molecule has 0 aromatic heterocycles. The van der Waals surface area contributed by atoms with Gasteiger partial charge in [0, 0.05) is 0 Å². The molecule has 9 nitrogen and oxygen atoms in total. The summed E-state index contributed by atoms with van der Waals surface area (Å²) in [5.41, 5.74) is 0. The van der Waals surface area contributed by atoms with E-state index in [4.69, 9.17) is 23.6 Å². The SMILES string of the molecule is C[C@H](NP(=O)(Oc1ccccc1)O[C@H]1O[C@H](CO)[C@@H](O)C1(F)F)C(=O)OC1CCCCC1. The summed E-state index contributed by atoms with van der Waals surface area (Å²) in [5, 5.41) is 21.2. The first-order valence-electron chi connectivity index (χ1n) is 10.5. The van der Waals surface area contributed by atoms with Crippen LogP contribution in [0.1, 0.15) is 39.0 Å².